The highest BCUT2D eigenvalue weighted by Crippen LogP contribution is 2.24. The van der Waals surface area contributed by atoms with Crippen molar-refractivity contribution in [2.24, 2.45) is 5.92 Å². The first-order valence-electron chi connectivity index (χ1n) is 7.19. The Kier molecular flexibility index (Phi) is 4.89. The molecule has 1 saturated heterocycles. The SMILES string of the molecule is CC(C)(C)c1nsc(NCC2CCN(S(C)(=O)=O)CC2)n1. The second kappa shape index (κ2) is 6.18. The average Bonchev–Trinajstić information content (AvgIpc) is 2.84. The van der Waals surface area contributed by atoms with E-state index in [0.717, 1.165) is 30.3 Å². The van der Waals surface area contributed by atoms with E-state index >= 15 is 0 Å². The van der Waals surface area contributed by atoms with Crippen molar-refractivity contribution in [1.29, 1.82) is 0 Å². The van der Waals surface area contributed by atoms with Crippen LogP contribution in [0.5, 0.6) is 0 Å². The van der Waals surface area contributed by atoms with Crippen molar-refractivity contribution in [2.45, 2.75) is 39.0 Å². The van der Waals surface area contributed by atoms with Crippen LogP contribution in [0.15, 0.2) is 0 Å². The minimum absolute atomic E-state index is 0.0305. The van der Waals surface area contributed by atoms with Crippen LogP contribution in [0.4, 0.5) is 5.13 Å². The number of anilines is 1. The van der Waals surface area contributed by atoms with Gasteiger partial charge >= 0.3 is 0 Å². The summed E-state index contributed by atoms with van der Waals surface area (Å²) in [5, 5.41) is 4.19. The second-order valence-electron chi connectivity index (χ2n) is 6.66. The number of hydrogen-bond acceptors (Lipinski definition) is 6. The Labute approximate surface area is 131 Å². The fourth-order valence-electron chi connectivity index (χ4n) is 2.28. The first-order valence-corrected chi connectivity index (χ1v) is 9.81. The third-order valence-electron chi connectivity index (χ3n) is 3.68. The van der Waals surface area contributed by atoms with Crippen LogP contribution in [0.25, 0.3) is 0 Å². The van der Waals surface area contributed by atoms with Crippen LogP contribution < -0.4 is 5.32 Å². The van der Waals surface area contributed by atoms with E-state index in [1.54, 1.807) is 4.31 Å². The summed E-state index contributed by atoms with van der Waals surface area (Å²) in [4.78, 5) is 4.51. The molecule has 2 rings (SSSR count). The molecule has 120 valence electrons. The molecule has 0 amide bonds. The lowest BCUT2D eigenvalue weighted by molar-refractivity contribution is 0.283. The van der Waals surface area contributed by atoms with Gasteiger partial charge in [-0.1, -0.05) is 20.8 Å². The Hall–Kier alpha value is -0.730. The lowest BCUT2D eigenvalue weighted by Crippen LogP contribution is -2.39. The van der Waals surface area contributed by atoms with E-state index in [9.17, 15) is 8.42 Å². The highest BCUT2D eigenvalue weighted by molar-refractivity contribution is 7.88. The van der Waals surface area contributed by atoms with Gasteiger partial charge in [0.1, 0.15) is 5.82 Å². The first-order chi connectivity index (χ1) is 9.66. The molecule has 0 bridgehead atoms. The van der Waals surface area contributed by atoms with Crippen LogP contribution in [-0.4, -0.2) is 48.0 Å². The van der Waals surface area contributed by atoms with Gasteiger partial charge in [-0.3, -0.25) is 0 Å². The monoisotopic (exact) mass is 332 g/mol. The van der Waals surface area contributed by atoms with Crippen molar-refractivity contribution in [3.05, 3.63) is 5.82 Å². The van der Waals surface area contributed by atoms with Crippen molar-refractivity contribution in [1.82, 2.24) is 13.7 Å². The van der Waals surface area contributed by atoms with Gasteiger partial charge in [-0.15, -0.1) is 0 Å². The lowest BCUT2D eigenvalue weighted by atomic mass is 9.96. The number of sulfonamides is 1. The fraction of sp³-hybridized carbons (Fsp3) is 0.846. The topological polar surface area (TPSA) is 75.2 Å². The molecule has 0 saturated carbocycles. The second-order valence-corrected chi connectivity index (χ2v) is 9.39. The largest absolute Gasteiger partial charge is 0.360 e. The summed E-state index contributed by atoms with van der Waals surface area (Å²) in [6, 6.07) is 0. The molecular formula is C13H24N4O2S2. The number of nitrogens with one attached hydrogen (secondary N) is 1. The molecule has 0 unspecified atom stereocenters. The molecule has 0 radical (unpaired) electrons. The molecule has 6 nitrogen and oxygen atoms in total. The smallest absolute Gasteiger partial charge is 0.211 e. The highest BCUT2D eigenvalue weighted by atomic mass is 32.2. The van der Waals surface area contributed by atoms with E-state index in [1.807, 2.05) is 0 Å². The number of nitrogens with zero attached hydrogens (tertiary/aromatic N) is 3. The first kappa shape index (κ1) is 16.6. The summed E-state index contributed by atoms with van der Waals surface area (Å²) in [5.41, 5.74) is -0.0305. The van der Waals surface area contributed by atoms with Gasteiger partial charge in [0.25, 0.3) is 0 Å². The number of aromatic nitrogens is 2. The number of rotatable bonds is 4. The predicted octanol–water partition coefficient (Wildman–Crippen LogP) is 1.92. The quantitative estimate of drug-likeness (QED) is 0.912. The Morgan fingerprint density at radius 2 is 1.95 bits per heavy atom. The third-order valence-corrected chi connectivity index (χ3v) is 5.66. The maximum absolute atomic E-state index is 11.5. The van der Waals surface area contributed by atoms with E-state index in [-0.39, 0.29) is 5.41 Å². The predicted molar refractivity (Wildman–Crippen MR) is 86.2 cm³/mol. The van der Waals surface area contributed by atoms with E-state index in [1.165, 1.54) is 17.8 Å². The zero-order chi connectivity index (χ0) is 15.7. The Bertz CT molecular complexity index is 569. The molecular weight excluding hydrogens is 308 g/mol. The number of piperidine rings is 1. The van der Waals surface area contributed by atoms with Gasteiger partial charge in [-0.05, 0) is 18.8 Å². The standard InChI is InChI=1S/C13H24N4O2S2/c1-13(2,3)11-15-12(20-16-11)14-9-10-5-7-17(8-6-10)21(4,18)19/h10H,5-9H2,1-4H3,(H,14,15,16). The van der Waals surface area contributed by atoms with Gasteiger partial charge in [0.05, 0.1) is 6.26 Å². The fourth-order valence-corrected chi connectivity index (χ4v) is 3.91. The van der Waals surface area contributed by atoms with Gasteiger partial charge in [0.15, 0.2) is 0 Å². The van der Waals surface area contributed by atoms with E-state index in [0.29, 0.717) is 19.0 Å². The highest BCUT2D eigenvalue weighted by Gasteiger charge is 2.25. The van der Waals surface area contributed by atoms with Crippen LogP contribution in [0, 0.1) is 5.92 Å². The van der Waals surface area contributed by atoms with Gasteiger partial charge in [0, 0.05) is 36.6 Å². The van der Waals surface area contributed by atoms with Gasteiger partial charge in [0.2, 0.25) is 15.2 Å². The zero-order valence-electron chi connectivity index (χ0n) is 13.1. The van der Waals surface area contributed by atoms with Crippen molar-refractivity contribution in [3.63, 3.8) is 0 Å². The molecule has 1 fully saturated rings. The molecule has 2 heterocycles. The normalized spacial score (nSPS) is 18.9. The summed E-state index contributed by atoms with van der Waals surface area (Å²) in [7, 11) is -3.04. The lowest BCUT2D eigenvalue weighted by Gasteiger charge is -2.30. The van der Waals surface area contributed by atoms with Crippen molar-refractivity contribution >= 4 is 26.7 Å². The van der Waals surface area contributed by atoms with Gasteiger partial charge in [-0.2, -0.15) is 4.37 Å². The Morgan fingerprint density at radius 3 is 2.43 bits per heavy atom. The minimum atomic E-state index is -3.04. The van der Waals surface area contributed by atoms with Gasteiger partial charge < -0.3 is 5.32 Å². The molecule has 1 N–H and O–H groups in total. The summed E-state index contributed by atoms with van der Waals surface area (Å²) in [5.74, 6) is 1.35. The molecule has 1 aliphatic heterocycles. The van der Waals surface area contributed by atoms with E-state index in [4.69, 9.17) is 0 Å². The summed E-state index contributed by atoms with van der Waals surface area (Å²) in [6.45, 7) is 8.36. The molecule has 21 heavy (non-hydrogen) atoms. The summed E-state index contributed by atoms with van der Waals surface area (Å²) in [6.07, 6.45) is 3.07. The van der Waals surface area contributed by atoms with Crippen molar-refractivity contribution in [3.8, 4) is 0 Å². The Balaban J connectivity index is 1.81. The van der Waals surface area contributed by atoms with Crippen molar-refractivity contribution in [2.75, 3.05) is 31.2 Å². The zero-order valence-corrected chi connectivity index (χ0v) is 14.7. The van der Waals surface area contributed by atoms with Crippen molar-refractivity contribution < 1.29 is 8.42 Å². The van der Waals surface area contributed by atoms with Crippen LogP contribution >= 0.6 is 11.5 Å². The summed E-state index contributed by atoms with van der Waals surface area (Å²) >= 11 is 1.39. The molecule has 1 aromatic rings. The average molecular weight is 332 g/mol. The maximum Gasteiger partial charge on any atom is 0.211 e. The maximum atomic E-state index is 11.5. The Morgan fingerprint density at radius 1 is 1.33 bits per heavy atom. The summed E-state index contributed by atoms with van der Waals surface area (Å²) < 4.78 is 28.9. The van der Waals surface area contributed by atoms with Crippen LogP contribution in [0.1, 0.15) is 39.4 Å². The molecule has 1 aliphatic rings. The van der Waals surface area contributed by atoms with Crippen LogP contribution in [-0.2, 0) is 15.4 Å². The van der Waals surface area contributed by atoms with Crippen LogP contribution in [0.2, 0.25) is 0 Å². The third kappa shape index (κ3) is 4.62. The molecule has 0 aliphatic carbocycles. The molecule has 0 spiro atoms. The number of hydrogen-bond donors (Lipinski definition) is 1. The molecule has 0 aromatic carbocycles. The van der Waals surface area contributed by atoms with E-state index < -0.39 is 10.0 Å². The van der Waals surface area contributed by atoms with Crippen LogP contribution in [0.3, 0.4) is 0 Å². The molecule has 0 atom stereocenters. The van der Waals surface area contributed by atoms with Gasteiger partial charge in [-0.25, -0.2) is 17.7 Å². The molecule has 8 heteroatoms. The van der Waals surface area contributed by atoms with E-state index in [2.05, 4.69) is 35.4 Å². The minimum Gasteiger partial charge on any atom is -0.360 e. The molecule has 1 aromatic heterocycles.